The van der Waals surface area contributed by atoms with Gasteiger partial charge in [-0.25, -0.2) is 4.39 Å². The molecule has 8 unspecified atom stereocenters. The second-order valence-corrected chi connectivity index (χ2v) is 16.8. The van der Waals surface area contributed by atoms with Gasteiger partial charge in [0.05, 0.1) is 17.4 Å². The predicted octanol–water partition coefficient (Wildman–Crippen LogP) is 6.71. The van der Waals surface area contributed by atoms with Gasteiger partial charge in [0.1, 0.15) is 11.6 Å². The molecular weight excluding hydrogens is 627 g/mol. The zero-order chi connectivity index (χ0) is 33.7. The number of hydrogen-bond acceptors (Lipinski definition) is 6. The summed E-state index contributed by atoms with van der Waals surface area (Å²) in [6.45, 7) is 8.35. The second kappa shape index (κ2) is 11.1. The molecule has 8 atom stereocenters. The van der Waals surface area contributed by atoms with Crippen molar-refractivity contribution < 1.29 is 24.5 Å². The standard InChI is InChI=1S/C40H48ClFN2O4/c1-36-13-10-26(45)23-38(36)16-17-40(28(24-38)33(47)22-27-29(41)6-5-7-30(27)42)34(36)11-14-37(2)35(40)12-15-39(37,48)25-43-18-20-44(21-19-43)31-8-3-4-9-32(31)46/h3-9,16-17,24,26,34-35,45-46,48H,10-15,18-23,25H2,1-2H3. The first-order valence-electron chi connectivity index (χ1n) is 17.9. The van der Waals surface area contributed by atoms with E-state index in [4.69, 9.17) is 11.6 Å². The van der Waals surface area contributed by atoms with E-state index < -0.39 is 33.8 Å². The lowest BCUT2D eigenvalue weighted by Gasteiger charge is -2.71. The number of nitrogens with zero attached hydrogens (tertiary/aromatic N) is 2. The zero-order valence-electron chi connectivity index (χ0n) is 28.1. The van der Waals surface area contributed by atoms with Gasteiger partial charge >= 0.3 is 0 Å². The van der Waals surface area contributed by atoms with Crippen molar-refractivity contribution in [3.63, 3.8) is 0 Å². The first-order valence-corrected chi connectivity index (χ1v) is 18.3. The average Bonchev–Trinajstić information content (AvgIpc) is 3.33. The Labute approximate surface area is 288 Å². The number of allylic oxidation sites excluding steroid dienone is 4. The van der Waals surface area contributed by atoms with Crippen LogP contribution in [0.1, 0.15) is 64.4 Å². The van der Waals surface area contributed by atoms with E-state index in [1.54, 1.807) is 18.2 Å². The summed E-state index contributed by atoms with van der Waals surface area (Å²) in [4.78, 5) is 19.2. The summed E-state index contributed by atoms with van der Waals surface area (Å²) in [5.41, 5.74) is -0.662. The molecule has 1 heterocycles. The number of halogens is 2. The Morgan fingerprint density at radius 2 is 1.65 bits per heavy atom. The number of carbonyl (C=O) groups excluding carboxylic acids is 1. The number of fused-ring (bicyclic) bond motifs is 1. The van der Waals surface area contributed by atoms with E-state index in [1.165, 1.54) is 6.07 Å². The molecule has 7 aliphatic rings. The van der Waals surface area contributed by atoms with Crippen molar-refractivity contribution in [2.24, 2.45) is 33.5 Å². The number of aromatic hydroxyl groups is 1. The number of benzene rings is 2. The molecule has 3 saturated carbocycles. The number of phenols is 1. The number of piperazine rings is 1. The van der Waals surface area contributed by atoms with Crippen LogP contribution in [0.3, 0.4) is 0 Å². The van der Waals surface area contributed by atoms with Gasteiger partial charge < -0.3 is 20.2 Å². The predicted molar refractivity (Wildman–Crippen MR) is 185 cm³/mol. The van der Waals surface area contributed by atoms with Crippen molar-refractivity contribution in [2.75, 3.05) is 37.6 Å². The summed E-state index contributed by atoms with van der Waals surface area (Å²) in [6.07, 6.45) is 11.7. The molecule has 0 aromatic heterocycles. The Morgan fingerprint density at radius 1 is 0.938 bits per heavy atom. The van der Waals surface area contributed by atoms with Crippen LogP contribution in [-0.2, 0) is 11.2 Å². The van der Waals surface area contributed by atoms with Gasteiger partial charge in [-0.15, -0.1) is 0 Å². The largest absolute Gasteiger partial charge is 0.506 e. The summed E-state index contributed by atoms with van der Waals surface area (Å²) in [5.74, 6) is -0.0475. The SMILES string of the molecule is CC12CCC(O)CC13C=CC1(C(C(=O)Cc4c(F)cccc4Cl)=C3)C2CCC2(C)C1CCC2(O)CN1CCN(c2ccccc2O)CC1. The van der Waals surface area contributed by atoms with Crippen molar-refractivity contribution in [1.29, 1.82) is 0 Å². The number of rotatable bonds is 6. The van der Waals surface area contributed by atoms with Gasteiger partial charge in [-0.1, -0.05) is 61.9 Å². The Hall–Kier alpha value is -2.71. The molecule has 8 heteroatoms. The molecule has 2 aromatic carbocycles. The van der Waals surface area contributed by atoms with Gasteiger partial charge in [0.25, 0.3) is 0 Å². The van der Waals surface area contributed by atoms with Crippen LogP contribution in [0.4, 0.5) is 10.1 Å². The minimum absolute atomic E-state index is 0.0424. The minimum Gasteiger partial charge on any atom is -0.506 e. The maximum atomic E-state index is 15.1. The Balaban J connectivity index is 1.13. The molecule has 3 N–H and O–H groups in total. The van der Waals surface area contributed by atoms with Gasteiger partial charge in [0.2, 0.25) is 0 Å². The Kier molecular flexibility index (Phi) is 7.55. The quantitative estimate of drug-likeness (QED) is 0.296. The van der Waals surface area contributed by atoms with Crippen LogP contribution < -0.4 is 4.90 Å². The zero-order valence-corrected chi connectivity index (χ0v) is 28.9. The number of aliphatic hydroxyl groups is 2. The monoisotopic (exact) mass is 674 g/mol. The van der Waals surface area contributed by atoms with Crippen LogP contribution in [0.25, 0.3) is 0 Å². The third-order valence-electron chi connectivity index (χ3n) is 14.5. The fraction of sp³-hybridized carbons (Fsp3) is 0.575. The third kappa shape index (κ3) is 4.42. The highest BCUT2D eigenvalue weighted by Gasteiger charge is 2.74. The smallest absolute Gasteiger partial charge is 0.164 e. The lowest BCUT2D eigenvalue weighted by molar-refractivity contribution is -0.179. The molecule has 1 aliphatic heterocycles. The molecule has 0 radical (unpaired) electrons. The van der Waals surface area contributed by atoms with Crippen molar-refractivity contribution in [1.82, 2.24) is 4.90 Å². The van der Waals surface area contributed by atoms with E-state index >= 15 is 4.39 Å². The van der Waals surface area contributed by atoms with Gasteiger partial charge in [-0.05, 0) is 86.5 Å². The van der Waals surface area contributed by atoms with Crippen LogP contribution >= 0.6 is 11.6 Å². The number of ketones is 1. The average molecular weight is 675 g/mol. The molecule has 2 aromatic rings. The van der Waals surface area contributed by atoms with Crippen LogP contribution in [-0.4, -0.2) is 70.4 Å². The first kappa shape index (κ1) is 32.5. The summed E-state index contributed by atoms with van der Waals surface area (Å²) in [5, 5.41) is 34.4. The van der Waals surface area contributed by atoms with E-state index in [1.807, 2.05) is 18.2 Å². The van der Waals surface area contributed by atoms with Crippen molar-refractivity contribution in [3.8, 4) is 5.75 Å². The van der Waals surface area contributed by atoms with Crippen molar-refractivity contribution >= 4 is 23.1 Å². The number of carbonyl (C=O) groups is 1. The van der Waals surface area contributed by atoms with Crippen LogP contribution in [0, 0.1) is 39.3 Å². The molecule has 2 spiro atoms. The topological polar surface area (TPSA) is 84.2 Å². The lowest BCUT2D eigenvalue weighted by atomic mass is 9.32. The van der Waals surface area contributed by atoms with E-state index in [0.717, 1.165) is 69.5 Å². The normalized spacial score (nSPS) is 40.2. The second-order valence-electron chi connectivity index (χ2n) is 16.4. The molecule has 2 bridgehead atoms. The summed E-state index contributed by atoms with van der Waals surface area (Å²) < 4.78 is 15.1. The van der Waals surface area contributed by atoms with Gasteiger partial charge in [-0.3, -0.25) is 9.69 Å². The summed E-state index contributed by atoms with van der Waals surface area (Å²) in [6, 6.07) is 12.0. The molecule has 9 rings (SSSR count). The molecule has 6 nitrogen and oxygen atoms in total. The fourth-order valence-electron chi connectivity index (χ4n) is 11.9. The molecule has 4 fully saturated rings. The number of anilines is 1. The molecule has 0 amide bonds. The number of Topliss-reactive ketones (excluding diaryl/α,β-unsaturated/α-hetero) is 1. The van der Waals surface area contributed by atoms with E-state index in [-0.39, 0.29) is 40.0 Å². The fourth-order valence-corrected chi connectivity index (χ4v) is 12.1. The van der Waals surface area contributed by atoms with E-state index in [2.05, 4.69) is 41.9 Å². The van der Waals surface area contributed by atoms with Gasteiger partial charge in [-0.2, -0.15) is 0 Å². The third-order valence-corrected chi connectivity index (χ3v) is 14.8. The highest BCUT2D eigenvalue weighted by atomic mass is 35.5. The molecule has 6 aliphatic carbocycles. The minimum atomic E-state index is -0.930. The molecule has 48 heavy (non-hydrogen) atoms. The number of hydrogen-bond donors (Lipinski definition) is 3. The first-order chi connectivity index (χ1) is 22.9. The van der Waals surface area contributed by atoms with Crippen molar-refractivity contribution in [3.05, 3.63) is 82.7 Å². The van der Waals surface area contributed by atoms with Crippen LogP contribution in [0.5, 0.6) is 5.75 Å². The number of β-amino-alcohol motifs (C(OH)–C–C–N with tert-alkyl or cyclic N) is 1. The Bertz CT molecular complexity index is 1690. The van der Waals surface area contributed by atoms with E-state index in [9.17, 15) is 20.1 Å². The highest BCUT2D eigenvalue weighted by molar-refractivity contribution is 6.31. The number of phenolic OH excluding ortho intramolecular Hbond substituents is 1. The van der Waals surface area contributed by atoms with E-state index in [0.29, 0.717) is 25.1 Å². The molecular formula is C40H48ClFN2O4. The molecule has 1 saturated heterocycles. The highest BCUT2D eigenvalue weighted by Crippen LogP contribution is 2.78. The maximum Gasteiger partial charge on any atom is 0.164 e. The molecule has 256 valence electrons. The van der Waals surface area contributed by atoms with Gasteiger partial charge in [0, 0.05) is 71.5 Å². The van der Waals surface area contributed by atoms with Gasteiger partial charge in [0.15, 0.2) is 5.78 Å². The number of aliphatic hydroxyl groups excluding tert-OH is 1. The Morgan fingerprint density at radius 3 is 2.40 bits per heavy atom. The lowest BCUT2D eigenvalue weighted by Crippen LogP contribution is -2.67. The maximum absolute atomic E-state index is 15.1. The number of para-hydroxylation sites is 2. The van der Waals surface area contributed by atoms with Crippen molar-refractivity contribution in [2.45, 2.75) is 76.9 Å². The van der Waals surface area contributed by atoms with Crippen LogP contribution in [0.2, 0.25) is 5.02 Å². The summed E-state index contributed by atoms with van der Waals surface area (Å²) in [7, 11) is 0. The summed E-state index contributed by atoms with van der Waals surface area (Å²) >= 11 is 6.46. The van der Waals surface area contributed by atoms with Crippen LogP contribution in [0.15, 0.2) is 66.3 Å².